The number of hydrogen-bond donors (Lipinski definition) is 4. The van der Waals surface area contributed by atoms with E-state index in [0.717, 1.165) is 173 Å². The largest absolute Gasteiger partial charge is 0.472 e. The third-order valence-corrected chi connectivity index (χ3v) is 20.1. The van der Waals surface area contributed by atoms with Gasteiger partial charge in [0, 0.05) is 19.3 Å². The fraction of sp³-hybridized carbons (Fsp3) is 0.688. The molecule has 0 saturated heterocycles. The number of aliphatic hydroxyl groups is 2. The summed E-state index contributed by atoms with van der Waals surface area (Å²) in [6.07, 6.45) is 107. The molecule has 0 spiro atoms. The topological polar surface area (TPSA) is 231 Å². The van der Waals surface area contributed by atoms with Crippen molar-refractivity contribution < 1.29 is 75.8 Å². The van der Waals surface area contributed by atoms with Crippen molar-refractivity contribution in [1.82, 2.24) is 0 Å². The molecular weight excluding hydrogens is 1430 g/mol. The molecule has 636 valence electrons. The van der Waals surface area contributed by atoms with Gasteiger partial charge in [-0.25, -0.2) is 9.13 Å². The molecule has 0 bridgehead atoms. The van der Waals surface area contributed by atoms with Gasteiger partial charge in [-0.2, -0.15) is 0 Å². The summed E-state index contributed by atoms with van der Waals surface area (Å²) in [5.41, 5.74) is 0. The van der Waals surface area contributed by atoms with Gasteiger partial charge in [-0.15, -0.1) is 0 Å². The predicted octanol–water partition coefficient (Wildman–Crippen LogP) is 26.5. The van der Waals surface area contributed by atoms with Crippen molar-refractivity contribution in [3.8, 4) is 0 Å². The summed E-state index contributed by atoms with van der Waals surface area (Å²) < 4.78 is 61.3. The van der Waals surface area contributed by atoms with E-state index >= 15 is 0 Å². The van der Waals surface area contributed by atoms with E-state index in [-0.39, 0.29) is 19.3 Å². The summed E-state index contributed by atoms with van der Waals surface area (Å²) in [4.78, 5) is 58.8. The van der Waals surface area contributed by atoms with Gasteiger partial charge in [-0.05, 0) is 148 Å². The third kappa shape index (κ3) is 85.9. The second-order valence-corrected chi connectivity index (χ2v) is 31.8. The third-order valence-electron chi connectivity index (χ3n) is 18.2. The SMILES string of the molecule is CC/C=C\C/C=C\C/C=C\C/C=C\C/C=C\C/C=C\CCCCCCCCCCC(=O)OCC(COP(=O)(O)OCC(O)COP(=O)(O)OCC(O)COC(=O)CCCCCCCCCCCCCCCCCCC/C=C\C/C=C\C/C=C\C/C=C\CCCCC)OC(=O)CCCCCCC/C=C\C/C=C\C/C=C\CC. The van der Waals surface area contributed by atoms with Crippen LogP contribution < -0.4 is 0 Å². The van der Waals surface area contributed by atoms with Crippen LogP contribution in [0.3, 0.4) is 0 Å². The first kappa shape index (κ1) is 106. The molecule has 0 aliphatic rings. The van der Waals surface area contributed by atoms with Crippen LogP contribution in [0.25, 0.3) is 0 Å². The fourth-order valence-corrected chi connectivity index (χ4v) is 13.2. The van der Waals surface area contributed by atoms with Crippen LogP contribution in [0.5, 0.6) is 0 Å². The molecule has 0 radical (unpaired) electrons. The van der Waals surface area contributed by atoms with Gasteiger partial charge in [0.05, 0.1) is 26.4 Å². The standard InChI is InChI=1S/C93H158O16P2/c1-4-7-10-13-16-19-22-25-28-30-32-34-36-38-40-41-42-43-44-45-47-49-50-52-54-56-59-61-64-67-70-73-76-79-91(96)103-82-88(94)83-105-110(99,100)106-84-89(95)85-107-111(101,102)108-87-90(109-93(98)81-78-75-72-69-66-63-58-27-24-21-18-15-12-9-6-3)86-104-92(97)80-77-74-71-68-65-62-60-57-55-53-51-48-46-39-37-35-33-31-29-26-23-20-17-14-11-8-5-2/h8-9,11-12,16-21,25-29,32-35,38-40,46,51,53,58,88-90,94-95H,4-7,10,13-15,22-24,30-31,36-37,41-45,47-50,52,54-57,59-87H2,1-3H3,(H,99,100)(H,101,102)/b11-8-,12-9-,19-16-,20-17-,21-18-,28-25-,29-26-,34-32-,35-33-,40-38-,46-39-,53-51-,58-27-. The highest BCUT2D eigenvalue weighted by atomic mass is 31.2. The smallest absolute Gasteiger partial charge is 0.463 e. The van der Waals surface area contributed by atoms with Crippen LogP contribution in [-0.4, -0.2) is 95.9 Å². The first-order valence-corrected chi connectivity index (χ1v) is 46.8. The number of allylic oxidation sites excluding steroid dienone is 26. The lowest BCUT2D eigenvalue weighted by molar-refractivity contribution is -0.161. The Morgan fingerprint density at radius 1 is 0.261 bits per heavy atom. The van der Waals surface area contributed by atoms with Crippen molar-refractivity contribution in [2.45, 2.75) is 373 Å². The molecule has 0 amide bonds. The van der Waals surface area contributed by atoms with E-state index in [1.807, 2.05) is 0 Å². The fourth-order valence-electron chi connectivity index (χ4n) is 11.6. The van der Waals surface area contributed by atoms with Gasteiger partial charge < -0.3 is 34.2 Å². The molecule has 0 aromatic heterocycles. The van der Waals surface area contributed by atoms with Crippen LogP contribution in [0.4, 0.5) is 0 Å². The molecule has 0 heterocycles. The van der Waals surface area contributed by atoms with Crippen molar-refractivity contribution >= 4 is 33.6 Å². The highest BCUT2D eigenvalue weighted by Gasteiger charge is 2.29. The molecule has 0 aliphatic carbocycles. The van der Waals surface area contributed by atoms with Gasteiger partial charge in [0.15, 0.2) is 6.10 Å². The highest BCUT2D eigenvalue weighted by molar-refractivity contribution is 7.47. The molecule has 111 heavy (non-hydrogen) atoms. The Kier molecular flexibility index (Phi) is 80.9. The van der Waals surface area contributed by atoms with E-state index in [1.54, 1.807) is 0 Å². The van der Waals surface area contributed by atoms with Crippen molar-refractivity contribution in [1.29, 1.82) is 0 Å². The van der Waals surface area contributed by atoms with E-state index in [9.17, 15) is 43.5 Å². The second-order valence-electron chi connectivity index (χ2n) is 28.9. The number of carbonyl (C=O) groups excluding carboxylic acids is 3. The summed E-state index contributed by atoms with van der Waals surface area (Å²) in [7, 11) is -9.81. The van der Waals surface area contributed by atoms with E-state index in [2.05, 4.69) is 179 Å². The quantitative estimate of drug-likeness (QED) is 0.0146. The van der Waals surface area contributed by atoms with Gasteiger partial charge in [0.2, 0.25) is 0 Å². The monoisotopic (exact) mass is 1590 g/mol. The van der Waals surface area contributed by atoms with Gasteiger partial charge in [-0.1, -0.05) is 346 Å². The first-order chi connectivity index (χ1) is 54.2. The van der Waals surface area contributed by atoms with E-state index in [4.69, 9.17) is 32.3 Å². The number of unbranched alkanes of at least 4 members (excludes halogenated alkanes) is 33. The number of aliphatic hydroxyl groups excluding tert-OH is 2. The molecule has 0 rings (SSSR count). The van der Waals surface area contributed by atoms with Crippen LogP contribution in [0, 0.1) is 0 Å². The summed E-state index contributed by atoms with van der Waals surface area (Å²) in [5, 5.41) is 20.7. The van der Waals surface area contributed by atoms with Crippen molar-refractivity contribution in [3.05, 3.63) is 158 Å². The maximum Gasteiger partial charge on any atom is 0.472 e. The maximum atomic E-state index is 13.0. The average Bonchev–Trinajstić information content (AvgIpc) is 0.912. The molecule has 0 aromatic carbocycles. The Balaban J connectivity index is 4.48. The summed E-state index contributed by atoms with van der Waals surface area (Å²) in [6.45, 7) is 2.42. The molecule has 0 aliphatic heterocycles. The van der Waals surface area contributed by atoms with E-state index in [1.165, 1.54) is 122 Å². The van der Waals surface area contributed by atoms with Crippen molar-refractivity contribution in [2.24, 2.45) is 0 Å². The lowest BCUT2D eigenvalue weighted by atomic mass is 10.0. The molecule has 18 heteroatoms. The Labute approximate surface area is 676 Å². The van der Waals surface area contributed by atoms with Gasteiger partial charge in [0.1, 0.15) is 25.4 Å². The Hall–Kier alpha value is -4.83. The normalized spacial score (nSPS) is 14.6. The lowest BCUT2D eigenvalue weighted by Crippen LogP contribution is -2.30. The predicted molar refractivity (Wildman–Crippen MR) is 463 cm³/mol. The number of phosphoric ester groups is 2. The van der Waals surface area contributed by atoms with Gasteiger partial charge in [0.25, 0.3) is 0 Å². The number of ether oxygens (including phenoxy) is 3. The average molecular weight is 1590 g/mol. The molecule has 16 nitrogen and oxygen atoms in total. The molecule has 0 aromatic rings. The molecule has 0 fully saturated rings. The summed E-state index contributed by atoms with van der Waals surface area (Å²) >= 11 is 0. The zero-order chi connectivity index (χ0) is 80.8. The lowest BCUT2D eigenvalue weighted by Gasteiger charge is -2.21. The summed E-state index contributed by atoms with van der Waals surface area (Å²) in [6, 6.07) is 0. The van der Waals surface area contributed by atoms with Crippen LogP contribution in [-0.2, 0) is 55.8 Å². The molecular formula is C93H158O16P2. The van der Waals surface area contributed by atoms with Gasteiger partial charge >= 0.3 is 33.6 Å². The Morgan fingerprint density at radius 2 is 0.477 bits per heavy atom. The van der Waals surface area contributed by atoms with Crippen LogP contribution >= 0.6 is 15.6 Å². The molecule has 4 N–H and O–H groups in total. The molecule has 0 saturated carbocycles. The second kappa shape index (κ2) is 84.6. The Bertz CT molecular complexity index is 2650. The van der Waals surface area contributed by atoms with Crippen LogP contribution in [0.1, 0.15) is 355 Å². The van der Waals surface area contributed by atoms with Crippen LogP contribution in [0.2, 0.25) is 0 Å². The number of esters is 3. The Morgan fingerprint density at radius 3 is 0.757 bits per heavy atom. The summed E-state index contributed by atoms with van der Waals surface area (Å²) in [5.74, 6) is -1.60. The van der Waals surface area contributed by atoms with E-state index < -0.39 is 91.5 Å². The number of carbonyl (C=O) groups is 3. The maximum absolute atomic E-state index is 13.0. The van der Waals surface area contributed by atoms with Crippen molar-refractivity contribution in [3.63, 3.8) is 0 Å². The number of hydrogen-bond acceptors (Lipinski definition) is 14. The number of phosphoric acid groups is 2. The first-order valence-electron chi connectivity index (χ1n) is 43.8. The minimum Gasteiger partial charge on any atom is -0.463 e. The van der Waals surface area contributed by atoms with Gasteiger partial charge in [-0.3, -0.25) is 32.5 Å². The van der Waals surface area contributed by atoms with Crippen LogP contribution in [0.15, 0.2) is 158 Å². The zero-order valence-corrected chi connectivity index (χ0v) is 71.6. The molecule has 5 unspecified atom stereocenters. The minimum atomic E-state index is -4.95. The van der Waals surface area contributed by atoms with E-state index in [0.29, 0.717) is 19.3 Å². The zero-order valence-electron chi connectivity index (χ0n) is 69.8. The number of rotatable bonds is 82. The minimum absolute atomic E-state index is 0.0790. The van der Waals surface area contributed by atoms with Crippen molar-refractivity contribution in [2.75, 3.05) is 39.6 Å². The molecule has 5 atom stereocenters. The highest BCUT2D eigenvalue weighted by Crippen LogP contribution is 2.45.